The van der Waals surface area contributed by atoms with Gasteiger partial charge >= 0.3 is 16.8 Å². The van der Waals surface area contributed by atoms with Crippen LogP contribution in [-0.4, -0.2) is 89.0 Å². The van der Waals surface area contributed by atoms with Gasteiger partial charge in [0.15, 0.2) is 19.8 Å². The molecule has 3 aliphatic rings. The van der Waals surface area contributed by atoms with Crippen LogP contribution in [0.3, 0.4) is 0 Å². The molecule has 2 aromatic heterocycles. The Labute approximate surface area is 364 Å². The molecule has 3 aliphatic heterocycles. The van der Waals surface area contributed by atoms with Crippen molar-refractivity contribution in [3.63, 3.8) is 0 Å². The highest BCUT2D eigenvalue weighted by atomic mass is 35.5. The minimum Gasteiger partial charge on any atom is -0.481 e. The number of carboxylic acids is 2. The smallest absolute Gasteiger partial charge is 0.325 e. The molecule has 0 saturated heterocycles. The summed E-state index contributed by atoms with van der Waals surface area (Å²) in [5.74, 6) is -0.0109. The molecule has 2 unspecified atom stereocenters. The minimum atomic E-state index is -3.10. The zero-order valence-electron chi connectivity index (χ0n) is 33.0. The molecule has 24 heteroatoms. The van der Waals surface area contributed by atoms with Gasteiger partial charge in [0, 0.05) is 61.4 Å². The predicted molar refractivity (Wildman–Crippen MR) is 228 cm³/mol. The van der Waals surface area contributed by atoms with Crippen molar-refractivity contribution >= 4 is 88.5 Å². The maximum atomic E-state index is 14.5. The number of ether oxygens (including phenoxy) is 1. The number of fused-ring (bicyclic) bond motifs is 3. The van der Waals surface area contributed by atoms with E-state index >= 15 is 0 Å². The van der Waals surface area contributed by atoms with Crippen LogP contribution in [0.15, 0.2) is 43.9 Å². The van der Waals surface area contributed by atoms with Crippen molar-refractivity contribution in [2.45, 2.75) is 70.1 Å². The number of aromatic nitrogens is 4. The molecule has 1 amide bonds. The van der Waals surface area contributed by atoms with Gasteiger partial charge in [-0.15, -0.1) is 18.2 Å². The Morgan fingerprint density at radius 3 is 2.43 bits per heavy atom. The van der Waals surface area contributed by atoms with Crippen LogP contribution in [0, 0.1) is 29.4 Å². The number of carbonyl (C=O) groups is 3. The standard InChI is InChI=1S/C18H17FN4O2S.C14H13ClFN3O3S2.C5H12NO4P/c1-4-5-22-13-7-12(11(19)6-14(13)25-9-16(22)24)20-17-23-10-18(2,3)8-15(23)21-26-17;15-8-5-9(16)10(6-11(8)23-7-12(20)21)17-13-18-3-1-2-4-19(18)14(22)24-13;1-11(9,10)3-2-4(6)5(7)8/h1,6-7H,5,8-10H2,2-3H3;5-6H,1-4,7H2,(H,20,21);4H,2-3,6H2,1H3,(H,7,8)(H,9,10)/b20-17-;;. The van der Waals surface area contributed by atoms with E-state index in [1.54, 1.807) is 9.36 Å². The molecule has 0 spiro atoms. The largest absolute Gasteiger partial charge is 0.481 e. The number of thioether (sulfide) groups is 1. The maximum Gasteiger partial charge on any atom is 0.325 e. The molecule has 0 saturated carbocycles. The molecule has 2 aromatic carbocycles. The van der Waals surface area contributed by atoms with E-state index in [2.05, 4.69) is 34.1 Å². The van der Waals surface area contributed by atoms with Gasteiger partial charge in [0.1, 0.15) is 34.8 Å². The summed E-state index contributed by atoms with van der Waals surface area (Å²) in [6.45, 7) is 7.53. The van der Waals surface area contributed by atoms with E-state index in [9.17, 15) is 32.5 Å². The number of anilines is 1. The molecule has 2 atom stereocenters. The van der Waals surface area contributed by atoms with E-state index in [1.165, 1.54) is 41.3 Å². The first-order chi connectivity index (χ1) is 28.7. The van der Waals surface area contributed by atoms with E-state index in [0.717, 1.165) is 60.8 Å². The number of hydrogen-bond acceptors (Lipinski definition) is 13. The van der Waals surface area contributed by atoms with Crippen molar-refractivity contribution in [1.29, 1.82) is 0 Å². The molecule has 0 aliphatic carbocycles. The first kappa shape index (κ1) is 47.4. The number of rotatable bonds is 10. The number of aliphatic carboxylic acids is 2. The zero-order chi connectivity index (χ0) is 44.8. The Hall–Kier alpha value is -4.62. The highest BCUT2D eigenvalue weighted by Crippen LogP contribution is 2.38. The Kier molecular flexibility index (Phi) is 15.6. The quantitative estimate of drug-likeness (QED) is 0.0966. The van der Waals surface area contributed by atoms with Crippen LogP contribution >= 0.6 is 53.6 Å². The Bertz CT molecular complexity index is 2630. The number of nitrogens with zero attached hydrogens (tertiary/aromatic N) is 7. The van der Waals surface area contributed by atoms with Gasteiger partial charge in [-0.1, -0.05) is 31.4 Å². The average Bonchev–Trinajstić information content (AvgIpc) is 3.81. The molecule has 7 rings (SSSR count). The summed E-state index contributed by atoms with van der Waals surface area (Å²) < 4.78 is 54.5. The fourth-order valence-corrected chi connectivity index (χ4v) is 9.51. The van der Waals surface area contributed by atoms with Crippen molar-refractivity contribution in [2.75, 3.05) is 36.6 Å². The fourth-order valence-electron chi connectivity index (χ4n) is 6.12. The summed E-state index contributed by atoms with van der Waals surface area (Å²) in [6.07, 6.45) is 8.08. The maximum absolute atomic E-state index is 14.5. The van der Waals surface area contributed by atoms with Crippen LogP contribution in [0.25, 0.3) is 0 Å². The van der Waals surface area contributed by atoms with Crippen LogP contribution in [-0.2, 0) is 45.0 Å². The zero-order valence-corrected chi connectivity index (χ0v) is 37.1. The molecule has 0 radical (unpaired) electrons. The number of nitrogens with two attached hydrogens (primary N) is 1. The predicted octanol–water partition coefficient (Wildman–Crippen LogP) is 4.65. The molecule has 0 bridgehead atoms. The number of hydrogen-bond donors (Lipinski definition) is 4. The Balaban J connectivity index is 0.000000188. The van der Waals surface area contributed by atoms with Crippen molar-refractivity contribution in [1.82, 2.24) is 18.3 Å². The van der Waals surface area contributed by atoms with Gasteiger partial charge in [-0.3, -0.25) is 33.3 Å². The monoisotopic (exact) mass is 942 g/mol. The number of carbonyl (C=O) groups excluding carboxylic acids is 1. The minimum absolute atomic E-state index is 0.0370. The number of halogens is 3. The summed E-state index contributed by atoms with van der Waals surface area (Å²) >= 11 is 9.16. The number of amides is 1. The van der Waals surface area contributed by atoms with Crippen LogP contribution in [0.2, 0.25) is 5.02 Å². The summed E-state index contributed by atoms with van der Waals surface area (Å²) in [5.41, 5.74) is 5.81. The van der Waals surface area contributed by atoms with Crippen molar-refractivity contribution in [3.05, 3.63) is 66.0 Å². The third-order valence-electron chi connectivity index (χ3n) is 9.07. The van der Waals surface area contributed by atoms with Gasteiger partial charge in [0.2, 0.25) is 9.60 Å². The summed E-state index contributed by atoms with van der Waals surface area (Å²) in [5, 5.41) is 17.2. The van der Waals surface area contributed by atoms with E-state index in [-0.39, 0.29) is 64.1 Å². The van der Waals surface area contributed by atoms with E-state index < -0.39 is 37.0 Å². The van der Waals surface area contributed by atoms with Gasteiger partial charge in [-0.2, -0.15) is 4.37 Å². The van der Waals surface area contributed by atoms with Crippen molar-refractivity contribution in [2.24, 2.45) is 21.1 Å². The highest BCUT2D eigenvalue weighted by Gasteiger charge is 2.31. The van der Waals surface area contributed by atoms with Crippen molar-refractivity contribution in [3.8, 4) is 18.1 Å². The van der Waals surface area contributed by atoms with Gasteiger partial charge in [0.05, 0.1) is 23.0 Å². The second-order valence-electron chi connectivity index (χ2n) is 14.8. The van der Waals surface area contributed by atoms with Crippen LogP contribution in [0.4, 0.5) is 25.8 Å². The van der Waals surface area contributed by atoms with Crippen LogP contribution in [0.5, 0.6) is 5.75 Å². The molecule has 4 aromatic rings. The molecule has 5 heterocycles. The fraction of sp³-hybridized carbons (Fsp3) is 0.432. The van der Waals surface area contributed by atoms with E-state index in [0.29, 0.717) is 39.0 Å². The summed E-state index contributed by atoms with van der Waals surface area (Å²) in [4.78, 5) is 65.1. The van der Waals surface area contributed by atoms with Crippen LogP contribution in [0.1, 0.15) is 38.9 Å². The van der Waals surface area contributed by atoms with E-state index in [4.69, 9.17) is 43.6 Å². The third-order valence-corrected chi connectivity index (χ3v) is 13.3. The average molecular weight is 943 g/mol. The van der Waals surface area contributed by atoms with Crippen LogP contribution < -0.4 is 29.8 Å². The topological polar surface area (TPSA) is 237 Å². The lowest BCUT2D eigenvalue weighted by Gasteiger charge is -2.28. The Morgan fingerprint density at radius 2 is 1.77 bits per heavy atom. The summed E-state index contributed by atoms with van der Waals surface area (Å²) in [6, 6.07) is 4.25. The first-order valence-corrected chi connectivity index (χ1v) is 23.7. The molecular weight excluding hydrogens is 901 g/mol. The second-order valence-corrected chi connectivity index (χ2v) is 20.4. The SMILES string of the molecule is C#CCN1C(=O)COc2cc(F)c(/N=c3\snc4n3CC(C)(C)C4)cc21.CP(=O)(O)CCC(N)C(=O)O.O=C(O)CSc1cc(N=c2sc(=O)n3n2CCCC3)c(F)cc1Cl. The normalized spacial score (nSPS) is 17.0. The highest BCUT2D eigenvalue weighted by molar-refractivity contribution is 8.00. The lowest BCUT2D eigenvalue weighted by molar-refractivity contribution is -0.138. The Morgan fingerprint density at radius 1 is 1.11 bits per heavy atom. The lowest BCUT2D eigenvalue weighted by Crippen LogP contribution is -2.39. The molecule has 61 heavy (non-hydrogen) atoms. The second kappa shape index (κ2) is 20.0. The summed E-state index contributed by atoms with van der Waals surface area (Å²) in [7, 11) is -3.10. The number of terminal acetylenes is 1. The number of benzene rings is 2. The molecule has 5 N–H and O–H groups in total. The third kappa shape index (κ3) is 12.5. The number of carboxylic acid groups (broad SMARTS) is 2. The van der Waals surface area contributed by atoms with Crippen molar-refractivity contribution < 1.29 is 47.6 Å². The first-order valence-electron chi connectivity index (χ1n) is 18.4. The molecule has 0 fully saturated rings. The molecule has 17 nitrogen and oxygen atoms in total. The molecule has 328 valence electrons. The van der Waals surface area contributed by atoms with Gasteiger partial charge < -0.3 is 30.1 Å². The van der Waals surface area contributed by atoms with Gasteiger partial charge in [-0.25, -0.2) is 23.4 Å². The van der Waals surface area contributed by atoms with E-state index in [1.807, 2.05) is 4.57 Å². The van der Waals surface area contributed by atoms with Gasteiger partial charge in [-0.05, 0) is 54.2 Å². The lowest BCUT2D eigenvalue weighted by atomic mass is 9.92. The van der Waals surface area contributed by atoms with Gasteiger partial charge in [0.25, 0.3) is 5.91 Å². The molecular formula is C37H42ClF2N8O9PS3.